The third kappa shape index (κ3) is 2.40. The van der Waals surface area contributed by atoms with Crippen LogP contribution in [0.15, 0.2) is 30.3 Å². The molecule has 1 aromatic rings. The van der Waals surface area contributed by atoms with E-state index in [4.69, 9.17) is 9.84 Å². The Morgan fingerprint density at radius 1 is 1.36 bits per heavy atom. The first-order valence-electron chi connectivity index (χ1n) is 4.42. The fraction of sp³-hybridized carbons (Fsp3) is 0.364. The molecule has 0 saturated heterocycles. The highest BCUT2D eigenvalue weighted by Crippen LogP contribution is 2.16. The lowest BCUT2D eigenvalue weighted by atomic mass is 9.97. The van der Waals surface area contributed by atoms with Gasteiger partial charge >= 0.3 is 0 Å². The highest BCUT2D eigenvalue weighted by molar-refractivity contribution is 6.01. The molecule has 76 valence electrons. The van der Waals surface area contributed by atoms with E-state index >= 15 is 0 Å². The number of carbonyl (C=O) groups excluding carboxylic acids is 1. The first-order valence-corrected chi connectivity index (χ1v) is 4.42. The molecule has 0 saturated carbocycles. The van der Waals surface area contributed by atoms with Crippen LogP contribution < -0.4 is 0 Å². The van der Waals surface area contributed by atoms with Crippen molar-refractivity contribution in [1.82, 2.24) is 0 Å². The van der Waals surface area contributed by atoms with Gasteiger partial charge in [0.25, 0.3) is 0 Å². The number of Topliss-reactive ketones (excluding diaryl/α,β-unsaturated/α-hetero) is 1. The minimum absolute atomic E-state index is 0.132. The summed E-state index contributed by atoms with van der Waals surface area (Å²) in [7, 11) is 0. The van der Waals surface area contributed by atoms with Crippen molar-refractivity contribution in [3.8, 4) is 0 Å². The molecule has 0 aliphatic rings. The first kappa shape index (κ1) is 10.9. The van der Waals surface area contributed by atoms with Crippen molar-refractivity contribution in [2.45, 2.75) is 19.4 Å². The van der Waals surface area contributed by atoms with Gasteiger partial charge in [-0.25, -0.2) is 0 Å². The lowest BCUT2D eigenvalue weighted by Crippen LogP contribution is -2.35. The number of hydrogen-bond donors (Lipinski definition) is 1. The molecule has 0 heterocycles. The van der Waals surface area contributed by atoms with Crippen molar-refractivity contribution in [3.63, 3.8) is 0 Å². The van der Waals surface area contributed by atoms with Crippen molar-refractivity contribution in [1.29, 1.82) is 0 Å². The van der Waals surface area contributed by atoms with Crippen LogP contribution in [0, 0.1) is 0 Å². The molecule has 3 heteroatoms. The summed E-state index contributed by atoms with van der Waals surface area (Å²) < 4.78 is 4.95. The molecule has 0 fully saturated rings. The van der Waals surface area contributed by atoms with Crippen molar-refractivity contribution in [3.05, 3.63) is 35.9 Å². The number of carbonyl (C=O) groups is 1. The molecular formula is C11H14O3. The molecule has 0 spiro atoms. The zero-order chi connectivity index (χ0) is 10.6. The summed E-state index contributed by atoms with van der Waals surface area (Å²) in [6.07, 6.45) is 0. The van der Waals surface area contributed by atoms with Gasteiger partial charge in [0.1, 0.15) is 12.4 Å². The minimum Gasteiger partial charge on any atom is -0.371 e. The fourth-order valence-electron chi connectivity index (χ4n) is 1.16. The average Bonchev–Trinajstić information content (AvgIpc) is 2.18. The van der Waals surface area contributed by atoms with Crippen molar-refractivity contribution in [2.24, 2.45) is 0 Å². The lowest BCUT2D eigenvalue weighted by molar-refractivity contribution is -0.0780. The normalized spacial score (nSPS) is 11.4. The van der Waals surface area contributed by atoms with Gasteiger partial charge in [-0.05, 0) is 13.8 Å². The Morgan fingerprint density at radius 2 is 1.93 bits per heavy atom. The minimum atomic E-state index is -0.976. The molecule has 0 atom stereocenters. The number of ether oxygens (including phenoxy) is 1. The van der Waals surface area contributed by atoms with Crippen LogP contribution in [-0.2, 0) is 4.74 Å². The van der Waals surface area contributed by atoms with E-state index in [1.807, 2.05) is 6.07 Å². The zero-order valence-corrected chi connectivity index (χ0v) is 8.36. The van der Waals surface area contributed by atoms with Crippen LogP contribution in [0.1, 0.15) is 24.2 Å². The molecule has 0 aromatic heterocycles. The van der Waals surface area contributed by atoms with Gasteiger partial charge in [-0.1, -0.05) is 30.3 Å². The number of ketones is 1. The first-order chi connectivity index (χ1) is 6.58. The highest BCUT2D eigenvalue weighted by atomic mass is 16.6. The summed E-state index contributed by atoms with van der Waals surface area (Å²) in [6, 6.07) is 8.89. The molecule has 1 aromatic carbocycles. The predicted octanol–water partition coefficient (Wildman–Crippen LogP) is 1.61. The topological polar surface area (TPSA) is 46.5 Å². The number of aliphatic hydroxyl groups is 1. The van der Waals surface area contributed by atoms with Crippen LogP contribution >= 0.6 is 0 Å². The third-order valence-corrected chi connectivity index (χ3v) is 2.01. The van der Waals surface area contributed by atoms with Crippen LogP contribution in [0.4, 0.5) is 0 Å². The predicted molar refractivity (Wildman–Crippen MR) is 53.0 cm³/mol. The maximum atomic E-state index is 11.8. The lowest BCUT2D eigenvalue weighted by Gasteiger charge is -2.22. The zero-order valence-electron chi connectivity index (χ0n) is 8.36. The smallest absolute Gasteiger partial charge is 0.194 e. The largest absolute Gasteiger partial charge is 0.371 e. The summed E-state index contributed by atoms with van der Waals surface area (Å²) in [6.45, 7) is 2.82. The van der Waals surface area contributed by atoms with Gasteiger partial charge in [0.05, 0.1) is 0 Å². The maximum Gasteiger partial charge on any atom is 0.194 e. The Kier molecular flexibility index (Phi) is 3.38. The average molecular weight is 194 g/mol. The van der Waals surface area contributed by atoms with Crippen LogP contribution in [0.2, 0.25) is 0 Å². The third-order valence-electron chi connectivity index (χ3n) is 2.01. The van der Waals surface area contributed by atoms with E-state index in [0.717, 1.165) is 0 Å². The van der Waals surface area contributed by atoms with Crippen molar-refractivity contribution < 1.29 is 14.6 Å². The Balaban J connectivity index is 2.85. The number of hydrogen-bond acceptors (Lipinski definition) is 3. The van der Waals surface area contributed by atoms with E-state index < -0.39 is 12.4 Å². The van der Waals surface area contributed by atoms with E-state index in [-0.39, 0.29) is 5.78 Å². The molecule has 0 radical (unpaired) electrons. The SMILES string of the molecule is CC(C)(OCO)C(=O)c1ccccc1. The Hall–Kier alpha value is -1.19. The summed E-state index contributed by atoms with van der Waals surface area (Å²) in [5, 5.41) is 8.62. The monoisotopic (exact) mass is 194 g/mol. The number of benzene rings is 1. The maximum absolute atomic E-state index is 11.8. The van der Waals surface area contributed by atoms with Gasteiger partial charge in [0.2, 0.25) is 0 Å². The van der Waals surface area contributed by atoms with Crippen LogP contribution in [0.25, 0.3) is 0 Å². The van der Waals surface area contributed by atoms with Gasteiger partial charge in [0, 0.05) is 5.56 Å². The van der Waals surface area contributed by atoms with Crippen molar-refractivity contribution in [2.75, 3.05) is 6.79 Å². The molecule has 0 unspecified atom stereocenters. The van der Waals surface area contributed by atoms with E-state index in [9.17, 15) is 4.79 Å². The molecule has 0 bridgehead atoms. The van der Waals surface area contributed by atoms with E-state index in [1.54, 1.807) is 38.1 Å². The van der Waals surface area contributed by atoms with E-state index in [1.165, 1.54) is 0 Å². The summed E-state index contributed by atoms with van der Waals surface area (Å²) in [5.74, 6) is -0.132. The Bertz CT molecular complexity index is 304. The van der Waals surface area contributed by atoms with Crippen LogP contribution in [0.5, 0.6) is 0 Å². The quantitative estimate of drug-likeness (QED) is 0.585. The Labute approximate surface area is 83.3 Å². The molecule has 0 aliphatic heterocycles. The standard InChI is InChI=1S/C11H14O3/c1-11(2,14-8-12)10(13)9-6-4-3-5-7-9/h3-7,12H,8H2,1-2H3. The molecule has 1 rings (SSSR count). The van der Waals surface area contributed by atoms with Gasteiger partial charge in [0.15, 0.2) is 5.78 Å². The fourth-order valence-corrected chi connectivity index (χ4v) is 1.16. The van der Waals surface area contributed by atoms with Gasteiger partial charge in [-0.15, -0.1) is 0 Å². The molecule has 3 nitrogen and oxygen atoms in total. The van der Waals surface area contributed by atoms with Crippen molar-refractivity contribution >= 4 is 5.78 Å². The van der Waals surface area contributed by atoms with Crippen LogP contribution in [-0.4, -0.2) is 23.3 Å². The summed E-state index contributed by atoms with van der Waals surface area (Å²) in [4.78, 5) is 11.8. The Morgan fingerprint density at radius 3 is 2.43 bits per heavy atom. The van der Waals surface area contributed by atoms with E-state index in [0.29, 0.717) is 5.56 Å². The summed E-state index contributed by atoms with van der Waals surface area (Å²) in [5.41, 5.74) is -0.387. The second-order valence-electron chi connectivity index (χ2n) is 3.48. The highest BCUT2D eigenvalue weighted by Gasteiger charge is 2.28. The number of rotatable bonds is 4. The number of aliphatic hydroxyl groups excluding tert-OH is 1. The van der Waals surface area contributed by atoms with Gasteiger partial charge in [-0.2, -0.15) is 0 Å². The molecule has 14 heavy (non-hydrogen) atoms. The van der Waals surface area contributed by atoms with Gasteiger partial charge in [-0.3, -0.25) is 4.79 Å². The molecule has 1 N–H and O–H groups in total. The molecule has 0 aliphatic carbocycles. The van der Waals surface area contributed by atoms with E-state index in [2.05, 4.69) is 0 Å². The molecule has 0 amide bonds. The summed E-state index contributed by atoms with van der Waals surface area (Å²) >= 11 is 0. The second-order valence-corrected chi connectivity index (χ2v) is 3.48. The second kappa shape index (κ2) is 4.35. The van der Waals surface area contributed by atoms with Gasteiger partial charge < -0.3 is 9.84 Å². The molecular weight excluding hydrogens is 180 g/mol. The van der Waals surface area contributed by atoms with Crippen LogP contribution in [0.3, 0.4) is 0 Å².